The Kier molecular flexibility index (Phi) is 5.45. The van der Waals surface area contributed by atoms with Crippen molar-refractivity contribution in [2.24, 2.45) is 0 Å². The van der Waals surface area contributed by atoms with Crippen LogP contribution in [0.5, 0.6) is 0 Å². The van der Waals surface area contributed by atoms with Gasteiger partial charge in [-0.25, -0.2) is 0 Å². The van der Waals surface area contributed by atoms with Gasteiger partial charge in [-0.3, -0.25) is 0 Å². The quantitative estimate of drug-likeness (QED) is 0.857. The van der Waals surface area contributed by atoms with Crippen molar-refractivity contribution in [2.45, 2.75) is 56.6 Å². The summed E-state index contributed by atoms with van der Waals surface area (Å²) < 4.78 is 34.7. The first-order valence-electron chi connectivity index (χ1n) is 8.33. The highest BCUT2D eigenvalue weighted by Crippen LogP contribution is 2.42. The molecule has 1 N–H and O–H groups in total. The molecule has 6 atom stereocenters. The highest BCUT2D eigenvalue weighted by atomic mass is 16.8. The number of methoxy groups -OCH3 is 2. The monoisotopic (exact) mass is 354 g/mol. The Labute approximate surface area is 147 Å². The fourth-order valence-corrected chi connectivity index (χ4v) is 3.12. The zero-order chi connectivity index (χ0) is 18.1. The predicted octanol–water partition coefficient (Wildman–Crippen LogP) is 1.43. The van der Waals surface area contributed by atoms with Crippen molar-refractivity contribution in [3.63, 3.8) is 0 Å². The second-order valence-corrected chi connectivity index (χ2v) is 6.53. The summed E-state index contributed by atoms with van der Waals surface area (Å²) in [6.07, 6.45) is -2.84. The fraction of sp³-hybridized carbons (Fsp3) is 0.667. The van der Waals surface area contributed by atoms with Gasteiger partial charge in [0, 0.05) is 14.2 Å². The molecule has 25 heavy (non-hydrogen) atoms. The number of aliphatic hydroxyl groups is 1. The average molecular weight is 354 g/mol. The summed E-state index contributed by atoms with van der Waals surface area (Å²) in [5.41, 5.74) is 1.02. The Bertz CT molecular complexity index is 568. The first-order chi connectivity index (χ1) is 11.9. The lowest BCUT2D eigenvalue weighted by atomic mass is 9.98. The van der Waals surface area contributed by atoms with E-state index in [9.17, 15) is 5.11 Å². The van der Waals surface area contributed by atoms with Gasteiger partial charge in [-0.15, -0.1) is 0 Å². The summed E-state index contributed by atoms with van der Waals surface area (Å²) >= 11 is 0. The van der Waals surface area contributed by atoms with E-state index in [1.165, 1.54) is 14.2 Å². The van der Waals surface area contributed by atoms with Crippen LogP contribution >= 0.6 is 0 Å². The third kappa shape index (κ3) is 3.46. The van der Waals surface area contributed by atoms with Crippen LogP contribution in [0.4, 0.5) is 0 Å². The van der Waals surface area contributed by atoms with Crippen molar-refractivity contribution in [3.8, 4) is 0 Å². The van der Waals surface area contributed by atoms with Crippen LogP contribution in [0.25, 0.3) is 0 Å². The maximum atomic E-state index is 10.3. The van der Waals surface area contributed by atoms with Gasteiger partial charge in [0.2, 0.25) is 11.6 Å². The van der Waals surface area contributed by atoms with Crippen molar-refractivity contribution in [1.82, 2.24) is 0 Å². The molecule has 2 aliphatic rings. The Hall–Kier alpha value is -1.06. The third-order valence-corrected chi connectivity index (χ3v) is 4.99. The van der Waals surface area contributed by atoms with Crippen LogP contribution in [0.15, 0.2) is 30.3 Å². The minimum absolute atomic E-state index is 0.0907. The molecule has 7 nitrogen and oxygen atoms in total. The highest BCUT2D eigenvalue weighted by molar-refractivity contribution is 5.13. The number of rotatable bonds is 5. The van der Waals surface area contributed by atoms with Crippen molar-refractivity contribution in [1.29, 1.82) is 0 Å². The molecule has 2 aliphatic heterocycles. The van der Waals surface area contributed by atoms with Gasteiger partial charge in [0.05, 0.1) is 13.2 Å². The zero-order valence-corrected chi connectivity index (χ0v) is 15.0. The molecular weight excluding hydrogens is 328 g/mol. The summed E-state index contributed by atoms with van der Waals surface area (Å²) in [5.74, 6) is -2.36. The average Bonchev–Trinajstić information content (AvgIpc) is 2.64. The second kappa shape index (κ2) is 7.28. The Balaban J connectivity index is 1.77. The molecule has 2 heterocycles. The standard InChI is InChI=1S/C18H26O7/c1-17(20-3)18(2,21-4)25-15-14(24-17)13(19)11-23-16(15)22-10-12-8-6-5-7-9-12/h5-9,13-16,19H,10-11H2,1-4H3/t13?,14?,15?,16?,17-,18-/m0/s1. The van der Waals surface area contributed by atoms with Gasteiger partial charge >= 0.3 is 0 Å². The van der Waals surface area contributed by atoms with Crippen molar-refractivity contribution < 1.29 is 33.5 Å². The fourth-order valence-electron chi connectivity index (χ4n) is 3.12. The summed E-state index contributed by atoms with van der Waals surface area (Å²) in [7, 11) is 3.02. The molecule has 1 aromatic rings. The summed E-state index contributed by atoms with van der Waals surface area (Å²) in [4.78, 5) is 0. The summed E-state index contributed by atoms with van der Waals surface area (Å²) in [6.45, 7) is 3.89. The van der Waals surface area contributed by atoms with Crippen LogP contribution in [0.3, 0.4) is 0 Å². The van der Waals surface area contributed by atoms with Crippen LogP contribution in [-0.4, -0.2) is 62.1 Å². The van der Waals surface area contributed by atoms with Gasteiger partial charge in [-0.05, 0) is 19.4 Å². The molecule has 0 bridgehead atoms. The molecule has 1 aromatic carbocycles. The lowest BCUT2D eigenvalue weighted by molar-refractivity contribution is -0.479. The number of hydrogen-bond acceptors (Lipinski definition) is 7. The number of hydrogen-bond donors (Lipinski definition) is 1. The molecule has 2 saturated heterocycles. The van der Waals surface area contributed by atoms with E-state index in [-0.39, 0.29) is 6.61 Å². The molecule has 0 aromatic heterocycles. The molecule has 3 rings (SSSR count). The van der Waals surface area contributed by atoms with Crippen molar-refractivity contribution in [3.05, 3.63) is 35.9 Å². The first kappa shape index (κ1) is 18.7. The van der Waals surface area contributed by atoms with E-state index in [2.05, 4.69) is 0 Å². The van der Waals surface area contributed by atoms with Crippen LogP contribution in [0, 0.1) is 0 Å². The van der Waals surface area contributed by atoms with Crippen LogP contribution < -0.4 is 0 Å². The molecule has 0 radical (unpaired) electrons. The third-order valence-electron chi connectivity index (χ3n) is 4.99. The van der Waals surface area contributed by atoms with E-state index >= 15 is 0 Å². The molecule has 0 amide bonds. The second-order valence-electron chi connectivity index (χ2n) is 6.53. The predicted molar refractivity (Wildman–Crippen MR) is 87.6 cm³/mol. The van der Waals surface area contributed by atoms with E-state index in [4.69, 9.17) is 28.4 Å². The van der Waals surface area contributed by atoms with Gasteiger partial charge in [0.25, 0.3) is 0 Å². The van der Waals surface area contributed by atoms with E-state index in [1.807, 2.05) is 30.3 Å². The van der Waals surface area contributed by atoms with Crippen LogP contribution in [0.1, 0.15) is 19.4 Å². The summed E-state index contributed by atoms with van der Waals surface area (Å²) in [5, 5.41) is 10.3. The number of aliphatic hydroxyl groups excluding tert-OH is 1. The Morgan fingerprint density at radius 2 is 1.64 bits per heavy atom. The SMILES string of the molecule is CO[C@@]1(C)OC2C(O)COC(OCc3ccccc3)C2O[C@]1(C)OC. The van der Waals surface area contributed by atoms with Gasteiger partial charge in [-0.1, -0.05) is 30.3 Å². The van der Waals surface area contributed by atoms with E-state index in [0.29, 0.717) is 6.61 Å². The zero-order valence-electron chi connectivity index (χ0n) is 15.0. The van der Waals surface area contributed by atoms with E-state index < -0.39 is 36.2 Å². The molecule has 2 fully saturated rings. The number of benzene rings is 1. The molecule has 7 heteroatoms. The van der Waals surface area contributed by atoms with Gasteiger partial charge in [0.1, 0.15) is 18.3 Å². The van der Waals surface area contributed by atoms with Gasteiger partial charge < -0.3 is 33.5 Å². The first-order valence-corrected chi connectivity index (χ1v) is 8.33. The highest BCUT2D eigenvalue weighted by Gasteiger charge is 2.61. The van der Waals surface area contributed by atoms with Crippen molar-refractivity contribution >= 4 is 0 Å². The maximum absolute atomic E-state index is 10.3. The van der Waals surface area contributed by atoms with Crippen LogP contribution in [-0.2, 0) is 35.0 Å². The Morgan fingerprint density at radius 3 is 2.24 bits per heavy atom. The van der Waals surface area contributed by atoms with Gasteiger partial charge in [-0.2, -0.15) is 0 Å². The minimum Gasteiger partial charge on any atom is -0.388 e. The molecule has 0 saturated carbocycles. The van der Waals surface area contributed by atoms with Gasteiger partial charge in [0.15, 0.2) is 6.29 Å². The number of ether oxygens (including phenoxy) is 6. The molecule has 140 valence electrons. The molecular formula is C18H26O7. The normalized spacial score (nSPS) is 41.3. The molecule has 0 aliphatic carbocycles. The molecule has 0 spiro atoms. The molecule has 4 unspecified atom stereocenters. The van der Waals surface area contributed by atoms with E-state index in [0.717, 1.165) is 5.56 Å². The topological polar surface area (TPSA) is 75.6 Å². The largest absolute Gasteiger partial charge is 0.388 e. The smallest absolute Gasteiger partial charge is 0.220 e. The summed E-state index contributed by atoms with van der Waals surface area (Å²) in [6, 6.07) is 9.77. The maximum Gasteiger partial charge on any atom is 0.220 e. The lowest BCUT2D eigenvalue weighted by Crippen LogP contribution is -2.71. The Morgan fingerprint density at radius 1 is 1.04 bits per heavy atom. The lowest BCUT2D eigenvalue weighted by Gasteiger charge is -2.55. The van der Waals surface area contributed by atoms with E-state index in [1.54, 1.807) is 13.8 Å². The van der Waals surface area contributed by atoms with Crippen molar-refractivity contribution in [2.75, 3.05) is 20.8 Å². The minimum atomic E-state index is -1.18. The van der Waals surface area contributed by atoms with Crippen LogP contribution in [0.2, 0.25) is 0 Å². The number of fused-ring (bicyclic) bond motifs is 1.